The van der Waals surface area contributed by atoms with Gasteiger partial charge in [0, 0.05) is 44.2 Å². The van der Waals surface area contributed by atoms with E-state index < -0.39 is 0 Å². The summed E-state index contributed by atoms with van der Waals surface area (Å²) in [5, 5.41) is 0. The van der Waals surface area contributed by atoms with Gasteiger partial charge in [-0.25, -0.2) is 4.98 Å². The molecular formula is C18H24N4O2. The summed E-state index contributed by atoms with van der Waals surface area (Å²) in [5.74, 6) is 0.687. The highest BCUT2D eigenvalue weighted by molar-refractivity contribution is 5.59. The van der Waals surface area contributed by atoms with Gasteiger partial charge in [0.25, 0.3) is 5.56 Å². The van der Waals surface area contributed by atoms with Gasteiger partial charge in [0.05, 0.1) is 18.4 Å². The molecule has 3 rings (SSSR count). The van der Waals surface area contributed by atoms with Crippen LogP contribution in [0.1, 0.15) is 20.8 Å². The van der Waals surface area contributed by atoms with Gasteiger partial charge >= 0.3 is 0 Å². The van der Waals surface area contributed by atoms with Crippen LogP contribution in [0, 0.1) is 5.41 Å². The fourth-order valence-corrected chi connectivity index (χ4v) is 2.84. The van der Waals surface area contributed by atoms with E-state index in [9.17, 15) is 4.79 Å². The average molecular weight is 328 g/mol. The van der Waals surface area contributed by atoms with Gasteiger partial charge in [-0.3, -0.25) is 14.3 Å². The summed E-state index contributed by atoms with van der Waals surface area (Å²) in [5.41, 5.74) is 1.55. The van der Waals surface area contributed by atoms with E-state index in [2.05, 4.69) is 30.7 Å². The molecule has 6 nitrogen and oxygen atoms in total. The second-order valence-corrected chi connectivity index (χ2v) is 7.25. The second kappa shape index (κ2) is 6.36. The van der Waals surface area contributed by atoms with Crippen molar-refractivity contribution in [2.24, 2.45) is 12.5 Å². The molecular weight excluding hydrogens is 304 g/mol. The summed E-state index contributed by atoms with van der Waals surface area (Å²) >= 11 is 0. The van der Waals surface area contributed by atoms with Crippen LogP contribution in [0.2, 0.25) is 0 Å². The third kappa shape index (κ3) is 3.33. The molecule has 0 aromatic carbocycles. The van der Waals surface area contributed by atoms with Crippen LogP contribution in [0.5, 0.6) is 0 Å². The highest BCUT2D eigenvalue weighted by atomic mass is 16.5. The monoisotopic (exact) mass is 328 g/mol. The molecule has 1 aliphatic rings. The molecule has 1 unspecified atom stereocenters. The van der Waals surface area contributed by atoms with E-state index in [4.69, 9.17) is 9.72 Å². The van der Waals surface area contributed by atoms with Gasteiger partial charge in [-0.2, -0.15) is 0 Å². The molecule has 2 aromatic rings. The Balaban J connectivity index is 1.98. The Labute approximate surface area is 142 Å². The number of ether oxygens (including phenoxy) is 1. The predicted molar refractivity (Wildman–Crippen MR) is 94.1 cm³/mol. The maximum Gasteiger partial charge on any atom is 0.255 e. The Morgan fingerprint density at radius 3 is 2.62 bits per heavy atom. The molecule has 0 bridgehead atoms. The van der Waals surface area contributed by atoms with Crippen molar-refractivity contribution < 1.29 is 4.74 Å². The van der Waals surface area contributed by atoms with E-state index in [1.54, 1.807) is 30.1 Å². The summed E-state index contributed by atoms with van der Waals surface area (Å²) in [6.07, 6.45) is 3.52. The summed E-state index contributed by atoms with van der Waals surface area (Å²) in [4.78, 5) is 23.3. The van der Waals surface area contributed by atoms with E-state index >= 15 is 0 Å². The van der Waals surface area contributed by atoms with Crippen LogP contribution in [0.15, 0.2) is 35.4 Å². The van der Waals surface area contributed by atoms with Crippen molar-refractivity contribution in [3.05, 3.63) is 40.9 Å². The molecule has 1 aliphatic heterocycles. The molecule has 3 heterocycles. The van der Waals surface area contributed by atoms with Crippen molar-refractivity contribution in [3.8, 4) is 11.3 Å². The van der Waals surface area contributed by atoms with Gasteiger partial charge in [-0.05, 0) is 17.5 Å². The van der Waals surface area contributed by atoms with Crippen LogP contribution in [0.4, 0.5) is 5.95 Å². The topological polar surface area (TPSA) is 60.2 Å². The number of anilines is 1. The first-order valence-electron chi connectivity index (χ1n) is 8.21. The highest BCUT2D eigenvalue weighted by Gasteiger charge is 2.32. The minimum atomic E-state index is -0.0642. The lowest BCUT2D eigenvalue weighted by Crippen LogP contribution is -2.49. The Kier molecular flexibility index (Phi) is 4.41. The molecule has 1 atom stereocenters. The van der Waals surface area contributed by atoms with Gasteiger partial charge in [0.2, 0.25) is 5.95 Å². The standard InChI is InChI=1S/C18H24N4O2/c1-18(2,3)15-12-22(9-10-24-15)17-20-14(11-16(23)21(17)4)13-5-7-19-8-6-13/h5-8,11,15H,9-10,12H2,1-4H3. The van der Waals surface area contributed by atoms with E-state index in [-0.39, 0.29) is 17.1 Å². The smallest absolute Gasteiger partial charge is 0.255 e. The van der Waals surface area contributed by atoms with Crippen LogP contribution < -0.4 is 10.5 Å². The summed E-state index contributed by atoms with van der Waals surface area (Å²) in [6.45, 7) is 8.59. The third-order valence-electron chi connectivity index (χ3n) is 4.40. The predicted octanol–water partition coefficient (Wildman–Crippen LogP) is 2.09. The molecule has 1 fully saturated rings. The van der Waals surface area contributed by atoms with Gasteiger partial charge in [-0.1, -0.05) is 20.8 Å². The van der Waals surface area contributed by atoms with Crippen LogP contribution in [0.25, 0.3) is 11.3 Å². The minimum absolute atomic E-state index is 0.0419. The van der Waals surface area contributed by atoms with E-state index in [1.165, 1.54) is 0 Å². The van der Waals surface area contributed by atoms with Crippen molar-refractivity contribution in [3.63, 3.8) is 0 Å². The first-order valence-corrected chi connectivity index (χ1v) is 8.21. The lowest BCUT2D eigenvalue weighted by Gasteiger charge is -2.40. The Bertz CT molecular complexity index is 765. The van der Waals surface area contributed by atoms with Crippen molar-refractivity contribution in [2.75, 3.05) is 24.6 Å². The number of aromatic nitrogens is 3. The highest BCUT2D eigenvalue weighted by Crippen LogP contribution is 2.27. The summed E-state index contributed by atoms with van der Waals surface area (Å²) < 4.78 is 7.52. The molecule has 1 saturated heterocycles. The van der Waals surface area contributed by atoms with Gasteiger partial charge in [0.15, 0.2) is 0 Å². The quantitative estimate of drug-likeness (QED) is 0.845. The number of hydrogen-bond donors (Lipinski definition) is 0. The Morgan fingerprint density at radius 2 is 1.96 bits per heavy atom. The number of hydrogen-bond acceptors (Lipinski definition) is 5. The van der Waals surface area contributed by atoms with E-state index in [0.29, 0.717) is 18.2 Å². The molecule has 24 heavy (non-hydrogen) atoms. The zero-order valence-electron chi connectivity index (χ0n) is 14.7. The van der Waals surface area contributed by atoms with Crippen LogP contribution in [-0.4, -0.2) is 40.3 Å². The minimum Gasteiger partial charge on any atom is -0.374 e. The fourth-order valence-electron chi connectivity index (χ4n) is 2.84. The van der Waals surface area contributed by atoms with Gasteiger partial charge < -0.3 is 9.64 Å². The van der Waals surface area contributed by atoms with E-state index in [0.717, 1.165) is 18.7 Å². The molecule has 0 spiro atoms. The van der Waals surface area contributed by atoms with Crippen molar-refractivity contribution in [1.29, 1.82) is 0 Å². The van der Waals surface area contributed by atoms with E-state index in [1.807, 2.05) is 12.1 Å². The molecule has 2 aromatic heterocycles. The number of morpholine rings is 1. The van der Waals surface area contributed by atoms with Crippen LogP contribution in [0.3, 0.4) is 0 Å². The van der Waals surface area contributed by atoms with Crippen LogP contribution in [-0.2, 0) is 11.8 Å². The molecule has 0 radical (unpaired) electrons. The van der Waals surface area contributed by atoms with Gasteiger partial charge in [0.1, 0.15) is 0 Å². The first-order chi connectivity index (χ1) is 11.4. The third-order valence-corrected chi connectivity index (χ3v) is 4.40. The molecule has 0 aliphatic carbocycles. The van der Waals surface area contributed by atoms with Gasteiger partial charge in [-0.15, -0.1) is 0 Å². The zero-order chi connectivity index (χ0) is 17.3. The fraction of sp³-hybridized carbons (Fsp3) is 0.500. The molecule has 0 N–H and O–H groups in total. The van der Waals surface area contributed by atoms with Crippen molar-refractivity contribution in [1.82, 2.24) is 14.5 Å². The molecule has 6 heteroatoms. The molecule has 0 saturated carbocycles. The maximum absolute atomic E-state index is 12.4. The zero-order valence-corrected chi connectivity index (χ0v) is 14.7. The molecule has 0 amide bonds. The summed E-state index contributed by atoms with van der Waals surface area (Å²) in [6, 6.07) is 5.30. The average Bonchev–Trinajstić information content (AvgIpc) is 2.57. The Morgan fingerprint density at radius 1 is 1.25 bits per heavy atom. The Hall–Kier alpha value is -2.21. The number of rotatable bonds is 2. The van der Waals surface area contributed by atoms with Crippen LogP contribution >= 0.6 is 0 Å². The maximum atomic E-state index is 12.4. The number of pyridine rings is 1. The second-order valence-electron chi connectivity index (χ2n) is 7.25. The van der Waals surface area contributed by atoms with Crippen molar-refractivity contribution in [2.45, 2.75) is 26.9 Å². The lowest BCUT2D eigenvalue weighted by molar-refractivity contribution is -0.0271. The summed E-state index contributed by atoms with van der Waals surface area (Å²) in [7, 11) is 1.77. The largest absolute Gasteiger partial charge is 0.374 e. The lowest BCUT2D eigenvalue weighted by atomic mass is 9.88. The number of nitrogens with zero attached hydrogens (tertiary/aromatic N) is 4. The first kappa shape index (κ1) is 16.6. The SMILES string of the molecule is Cn1c(N2CCOC(C(C)(C)C)C2)nc(-c2ccncc2)cc1=O. The molecule has 128 valence electrons. The normalized spacial score (nSPS) is 18.7. The van der Waals surface area contributed by atoms with Crippen molar-refractivity contribution >= 4 is 5.95 Å².